The fourth-order valence-corrected chi connectivity index (χ4v) is 3.17. The van der Waals surface area contributed by atoms with Crippen molar-refractivity contribution in [1.29, 1.82) is 0 Å². The molecule has 0 unspecified atom stereocenters. The number of halogens is 1. The fraction of sp³-hybridized carbons (Fsp3) is 0.647. The van der Waals surface area contributed by atoms with E-state index in [1.807, 2.05) is 0 Å². The van der Waals surface area contributed by atoms with Crippen LogP contribution in [0.5, 0.6) is 5.75 Å². The van der Waals surface area contributed by atoms with E-state index in [-0.39, 0.29) is 0 Å². The van der Waals surface area contributed by atoms with Crippen LogP contribution in [-0.2, 0) is 0 Å². The third-order valence-corrected chi connectivity index (χ3v) is 4.89. The summed E-state index contributed by atoms with van der Waals surface area (Å²) in [5.74, 6) is 1.57. The minimum absolute atomic E-state index is 0.604. The molecule has 1 N–H and O–H groups in total. The number of hydrogen-bond acceptors (Lipinski definition) is 2. The summed E-state index contributed by atoms with van der Waals surface area (Å²) in [4.78, 5) is 0. The molecule has 0 aliphatic carbocycles. The average Bonchev–Trinajstić information content (AvgIpc) is 2.49. The molecule has 1 heterocycles. The lowest BCUT2D eigenvalue weighted by Crippen LogP contribution is -2.35. The van der Waals surface area contributed by atoms with Crippen LogP contribution >= 0.6 is 15.9 Å². The normalized spacial score (nSPS) is 20.6. The maximum absolute atomic E-state index is 5.92. The molecule has 1 aliphatic rings. The molecule has 1 aliphatic heterocycles. The highest BCUT2D eigenvalue weighted by Crippen LogP contribution is 2.30. The Bertz CT molecular complexity index is 415. The van der Waals surface area contributed by atoms with Crippen molar-refractivity contribution in [2.24, 2.45) is 0 Å². The lowest BCUT2D eigenvalue weighted by atomic mass is 9.99. The van der Waals surface area contributed by atoms with Crippen molar-refractivity contribution in [1.82, 2.24) is 5.32 Å². The summed E-state index contributed by atoms with van der Waals surface area (Å²) in [5, 5.41) is 3.56. The number of rotatable bonds is 6. The Morgan fingerprint density at radius 2 is 2.25 bits per heavy atom. The van der Waals surface area contributed by atoms with Crippen LogP contribution in [0.15, 0.2) is 22.7 Å². The molecule has 2 atom stereocenters. The molecule has 0 bridgehead atoms. The summed E-state index contributed by atoms with van der Waals surface area (Å²) in [5.41, 5.74) is 1.38. The first-order valence-corrected chi connectivity index (χ1v) is 8.65. The first-order chi connectivity index (χ1) is 9.70. The summed E-state index contributed by atoms with van der Waals surface area (Å²) in [6, 6.07) is 7.12. The predicted octanol–water partition coefficient (Wildman–Crippen LogP) is 4.87. The highest BCUT2D eigenvalue weighted by molar-refractivity contribution is 9.10. The van der Waals surface area contributed by atoms with Gasteiger partial charge >= 0.3 is 0 Å². The SMILES string of the molecule is CC[C@@H](C)c1ccc(OCC[C@@H]2CCCCN2)c(Br)c1. The molecule has 0 aromatic heterocycles. The molecular formula is C17H26BrNO. The first kappa shape index (κ1) is 15.8. The Morgan fingerprint density at radius 1 is 1.40 bits per heavy atom. The quantitative estimate of drug-likeness (QED) is 0.797. The summed E-state index contributed by atoms with van der Waals surface area (Å²) >= 11 is 3.63. The van der Waals surface area contributed by atoms with Gasteiger partial charge < -0.3 is 10.1 Å². The van der Waals surface area contributed by atoms with Gasteiger partial charge in [-0.05, 0) is 71.8 Å². The van der Waals surface area contributed by atoms with Crippen molar-refractivity contribution in [3.63, 3.8) is 0 Å². The standard InChI is InChI=1S/C17H26BrNO/c1-3-13(2)14-7-8-17(16(18)12-14)20-11-9-15-6-4-5-10-19-15/h7-8,12-13,15,19H,3-6,9-11H2,1-2H3/t13-,15+/m1/s1. The number of benzene rings is 1. The van der Waals surface area contributed by atoms with E-state index in [4.69, 9.17) is 4.74 Å². The molecule has 0 spiro atoms. The van der Waals surface area contributed by atoms with Gasteiger partial charge in [-0.3, -0.25) is 0 Å². The third-order valence-electron chi connectivity index (χ3n) is 4.27. The van der Waals surface area contributed by atoms with Crippen LogP contribution in [0.4, 0.5) is 0 Å². The zero-order chi connectivity index (χ0) is 14.4. The Hall–Kier alpha value is -0.540. The Morgan fingerprint density at radius 3 is 2.90 bits per heavy atom. The molecule has 3 heteroatoms. The Balaban J connectivity index is 1.83. The third kappa shape index (κ3) is 4.49. The molecule has 20 heavy (non-hydrogen) atoms. The molecule has 1 aromatic carbocycles. The van der Waals surface area contributed by atoms with Crippen LogP contribution in [0.2, 0.25) is 0 Å². The van der Waals surface area contributed by atoms with E-state index in [9.17, 15) is 0 Å². The molecule has 1 saturated heterocycles. The van der Waals surface area contributed by atoms with Crippen molar-refractivity contribution in [3.05, 3.63) is 28.2 Å². The van der Waals surface area contributed by atoms with Gasteiger partial charge in [-0.2, -0.15) is 0 Å². The second kappa shape index (κ2) is 8.04. The minimum atomic E-state index is 0.604. The van der Waals surface area contributed by atoms with Gasteiger partial charge in [0.05, 0.1) is 11.1 Å². The van der Waals surface area contributed by atoms with Gasteiger partial charge in [0.2, 0.25) is 0 Å². The molecule has 0 saturated carbocycles. The van der Waals surface area contributed by atoms with Crippen molar-refractivity contribution in [3.8, 4) is 5.75 Å². The summed E-state index contributed by atoms with van der Waals surface area (Å²) in [6.07, 6.45) is 6.22. The molecule has 0 amide bonds. The first-order valence-electron chi connectivity index (χ1n) is 7.86. The Labute approximate surface area is 131 Å². The van der Waals surface area contributed by atoms with Crippen LogP contribution in [-0.4, -0.2) is 19.2 Å². The van der Waals surface area contributed by atoms with Gasteiger partial charge in [0.15, 0.2) is 0 Å². The van der Waals surface area contributed by atoms with Gasteiger partial charge in [-0.1, -0.05) is 26.3 Å². The maximum Gasteiger partial charge on any atom is 0.133 e. The van der Waals surface area contributed by atoms with Gasteiger partial charge in [0.1, 0.15) is 5.75 Å². The number of nitrogens with one attached hydrogen (secondary N) is 1. The van der Waals surface area contributed by atoms with Crippen molar-refractivity contribution < 1.29 is 4.74 Å². The van der Waals surface area contributed by atoms with E-state index in [0.717, 1.165) is 29.8 Å². The average molecular weight is 340 g/mol. The lowest BCUT2D eigenvalue weighted by Gasteiger charge is -2.23. The zero-order valence-corrected chi connectivity index (χ0v) is 14.2. The fourth-order valence-electron chi connectivity index (χ4n) is 2.66. The van der Waals surface area contributed by atoms with Crippen molar-refractivity contribution >= 4 is 15.9 Å². The molecular weight excluding hydrogens is 314 g/mol. The van der Waals surface area contributed by atoms with Crippen LogP contribution in [0.25, 0.3) is 0 Å². The molecule has 1 fully saturated rings. The monoisotopic (exact) mass is 339 g/mol. The second-order valence-corrected chi connectivity index (χ2v) is 6.64. The van der Waals surface area contributed by atoms with Crippen LogP contribution < -0.4 is 10.1 Å². The molecule has 1 aromatic rings. The molecule has 0 radical (unpaired) electrons. The van der Waals surface area contributed by atoms with E-state index in [1.165, 1.54) is 31.2 Å². The van der Waals surface area contributed by atoms with E-state index in [2.05, 4.69) is 53.3 Å². The predicted molar refractivity (Wildman–Crippen MR) is 88.6 cm³/mol. The number of ether oxygens (including phenoxy) is 1. The number of piperidine rings is 1. The number of hydrogen-bond donors (Lipinski definition) is 1. The van der Waals surface area contributed by atoms with E-state index in [1.54, 1.807) is 0 Å². The maximum atomic E-state index is 5.92. The van der Waals surface area contributed by atoms with Crippen LogP contribution in [0, 0.1) is 0 Å². The minimum Gasteiger partial charge on any atom is -0.492 e. The Kier molecular flexibility index (Phi) is 6.37. The second-order valence-electron chi connectivity index (χ2n) is 5.78. The van der Waals surface area contributed by atoms with Gasteiger partial charge in [-0.15, -0.1) is 0 Å². The zero-order valence-electron chi connectivity index (χ0n) is 12.6. The van der Waals surface area contributed by atoms with E-state index in [0.29, 0.717) is 12.0 Å². The van der Waals surface area contributed by atoms with Gasteiger partial charge in [-0.25, -0.2) is 0 Å². The molecule has 2 rings (SSSR count). The van der Waals surface area contributed by atoms with Crippen molar-refractivity contribution in [2.75, 3.05) is 13.2 Å². The van der Waals surface area contributed by atoms with E-state index >= 15 is 0 Å². The molecule has 112 valence electrons. The summed E-state index contributed by atoms with van der Waals surface area (Å²) in [7, 11) is 0. The topological polar surface area (TPSA) is 21.3 Å². The van der Waals surface area contributed by atoms with E-state index < -0.39 is 0 Å². The van der Waals surface area contributed by atoms with Crippen LogP contribution in [0.1, 0.15) is 57.4 Å². The van der Waals surface area contributed by atoms with Crippen LogP contribution in [0.3, 0.4) is 0 Å². The largest absolute Gasteiger partial charge is 0.492 e. The highest BCUT2D eigenvalue weighted by Gasteiger charge is 2.13. The summed E-state index contributed by atoms with van der Waals surface area (Å²) < 4.78 is 7.00. The van der Waals surface area contributed by atoms with Gasteiger partial charge in [0, 0.05) is 6.04 Å². The van der Waals surface area contributed by atoms with Crippen molar-refractivity contribution in [2.45, 2.75) is 57.9 Å². The lowest BCUT2D eigenvalue weighted by molar-refractivity contribution is 0.267. The molecule has 2 nitrogen and oxygen atoms in total. The smallest absolute Gasteiger partial charge is 0.133 e. The summed E-state index contributed by atoms with van der Waals surface area (Å²) in [6.45, 7) is 6.44. The van der Waals surface area contributed by atoms with Gasteiger partial charge in [0.25, 0.3) is 0 Å². The highest BCUT2D eigenvalue weighted by atomic mass is 79.9.